The number of anilines is 1. The molecule has 17 heavy (non-hydrogen) atoms. The molecule has 0 bridgehead atoms. The molecule has 1 unspecified atom stereocenters. The second-order valence-electron chi connectivity index (χ2n) is 4.53. The maximum atomic E-state index is 11.8. The minimum Gasteiger partial charge on any atom is -0.357 e. The number of benzene rings is 1. The van der Waals surface area contributed by atoms with E-state index in [0.29, 0.717) is 13.1 Å². The van der Waals surface area contributed by atoms with Crippen molar-refractivity contribution in [2.24, 2.45) is 5.73 Å². The quantitative estimate of drug-likeness (QED) is 0.785. The van der Waals surface area contributed by atoms with Crippen molar-refractivity contribution in [3.8, 4) is 0 Å². The van der Waals surface area contributed by atoms with Crippen molar-refractivity contribution in [2.75, 3.05) is 24.5 Å². The molecule has 1 atom stereocenters. The molecule has 1 fully saturated rings. The zero-order valence-corrected chi connectivity index (χ0v) is 10.4. The van der Waals surface area contributed by atoms with E-state index in [9.17, 15) is 4.79 Å². The highest BCUT2D eigenvalue weighted by molar-refractivity contribution is 5.87. The lowest BCUT2D eigenvalue weighted by Gasteiger charge is -2.37. The van der Waals surface area contributed by atoms with Gasteiger partial charge in [-0.2, -0.15) is 0 Å². The third-order valence-corrected chi connectivity index (χ3v) is 3.22. The Morgan fingerprint density at radius 1 is 1.47 bits per heavy atom. The van der Waals surface area contributed by atoms with Gasteiger partial charge in [-0.3, -0.25) is 4.79 Å². The van der Waals surface area contributed by atoms with Crippen LogP contribution in [0.5, 0.6) is 0 Å². The molecule has 1 saturated heterocycles. The number of aryl methyl sites for hydroxylation is 2. The number of hydrogen-bond acceptors (Lipinski definition) is 3. The zero-order chi connectivity index (χ0) is 12.4. The molecule has 0 saturated carbocycles. The number of amides is 1. The standard InChI is InChI=1S/C13H19N3O/c1-9-3-4-11(10(2)7-9)16-6-5-15-13(17)12(16)8-14/h3-4,7,12H,5-6,8,14H2,1-2H3,(H,15,17). The van der Waals surface area contributed by atoms with Crippen molar-refractivity contribution in [3.63, 3.8) is 0 Å². The van der Waals surface area contributed by atoms with Crippen LogP contribution in [0.3, 0.4) is 0 Å². The van der Waals surface area contributed by atoms with Gasteiger partial charge in [0.1, 0.15) is 6.04 Å². The van der Waals surface area contributed by atoms with Crippen molar-refractivity contribution in [1.29, 1.82) is 0 Å². The molecule has 0 aliphatic carbocycles. The molecule has 92 valence electrons. The van der Waals surface area contributed by atoms with Gasteiger partial charge in [-0.15, -0.1) is 0 Å². The van der Waals surface area contributed by atoms with Gasteiger partial charge in [-0.25, -0.2) is 0 Å². The number of carbonyl (C=O) groups excluding carboxylic acids is 1. The first-order chi connectivity index (χ1) is 8.13. The lowest BCUT2D eigenvalue weighted by atomic mass is 10.1. The van der Waals surface area contributed by atoms with Gasteiger partial charge in [-0.05, 0) is 25.5 Å². The van der Waals surface area contributed by atoms with Crippen LogP contribution in [-0.4, -0.2) is 31.6 Å². The fraction of sp³-hybridized carbons (Fsp3) is 0.462. The van der Waals surface area contributed by atoms with Gasteiger partial charge in [0.05, 0.1) is 0 Å². The number of hydrogen-bond donors (Lipinski definition) is 2. The van der Waals surface area contributed by atoms with E-state index in [-0.39, 0.29) is 11.9 Å². The first-order valence-corrected chi connectivity index (χ1v) is 5.95. The largest absolute Gasteiger partial charge is 0.357 e. The summed E-state index contributed by atoms with van der Waals surface area (Å²) in [5, 5.41) is 2.85. The monoisotopic (exact) mass is 233 g/mol. The normalized spacial score (nSPS) is 20.3. The highest BCUT2D eigenvalue weighted by Crippen LogP contribution is 2.23. The van der Waals surface area contributed by atoms with Gasteiger partial charge in [0.15, 0.2) is 0 Å². The minimum absolute atomic E-state index is 0.0266. The Labute approximate surface area is 102 Å². The Bertz CT molecular complexity index is 431. The van der Waals surface area contributed by atoms with Crippen molar-refractivity contribution in [1.82, 2.24) is 5.32 Å². The number of nitrogens with one attached hydrogen (secondary N) is 1. The lowest BCUT2D eigenvalue weighted by molar-refractivity contribution is -0.123. The third kappa shape index (κ3) is 2.26. The fourth-order valence-electron chi connectivity index (χ4n) is 2.37. The van der Waals surface area contributed by atoms with E-state index in [2.05, 4.69) is 42.3 Å². The molecule has 4 heteroatoms. The first kappa shape index (κ1) is 11.9. The molecule has 0 spiro atoms. The number of nitrogens with two attached hydrogens (primary N) is 1. The van der Waals surface area contributed by atoms with E-state index >= 15 is 0 Å². The van der Waals surface area contributed by atoms with Crippen LogP contribution in [0.25, 0.3) is 0 Å². The molecule has 1 amide bonds. The van der Waals surface area contributed by atoms with Crippen LogP contribution >= 0.6 is 0 Å². The smallest absolute Gasteiger partial charge is 0.244 e. The van der Waals surface area contributed by atoms with Crippen molar-refractivity contribution >= 4 is 11.6 Å². The Morgan fingerprint density at radius 3 is 2.88 bits per heavy atom. The SMILES string of the molecule is Cc1ccc(N2CCNC(=O)C2CN)c(C)c1. The highest BCUT2D eigenvalue weighted by atomic mass is 16.2. The van der Waals surface area contributed by atoms with E-state index in [1.165, 1.54) is 11.1 Å². The molecule has 0 aromatic heterocycles. The first-order valence-electron chi connectivity index (χ1n) is 5.95. The maximum Gasteiger partial charge on any atom is 0.244 e. The number of carbonyl (C=O) groups is 1. The van der Waals surface area contributed by atoms with Gasteiger partial charge < -0.3 is 16.0 Å². The molecular weight excluding hydrogens is 214 g/mol. The summed E-state index contributed by atoms with van der Waals surface area (Å²) in [4.78, 5) is 13.9. The maximum absolute atomic E-state index is 11.8. The zero-order valence-electron chi connectivity index (χ0n) is 10.4. The molecule has 1 aliphatic heterocycles. The Balaban J connectivity index is 2.33. The predicted octanol–water partition coefficient (Wildman–Crippen LogP) is 0.567. The van der Waals surface area contributed by atoms with Gasteiger partial charge in [0.25, 0.3) is 0 Å². The fourth-order valence-corrected chi connectivity index (χ4v) is 2.37. The molecule has 1 aromatic rings. The van der Waals surface area contributed by atoms with Gasteiger partial charge in [0.2, 0.25) is 5.91 Å². The molecule has 2 rings (SSSR count). The van der Waals surface area contributed by atoms with Crippen LogP contribution < -0.4 is 16.0 Å². The van der Waals surface area contributed by atoms with E-state index in [1.807, 2.05) is 0 Å². The summed E-state index contributed by atoms with van der Waals surface area (Å²) in [6.07, 6.45) is 0. The van der Waals surface area contributed by atoms with Crippen LogP contribution in [0.2, 0.25) is 0 Å². The number of nitrogens with zero attached hydrogens (tertiary/aromatic N) is 1. The Hall–Kier alpha value is -1.55. The predicted molar refractivity (Wildman–Crippen MR) is 69.1 cm³/mol. The summed E-state index contributed by atoms with van der Waals surface area (Å²) in [6, 6.07) is 6.04. The van der Waals surface area contributed by atoms with Crippen LogP contribution in [0.4, 0.5) is 5.69 Å². The summed E-state index contributed by atoms with van der Waals surface area (Å²) in [6.45, 7) is 5.99. The van der Waals surface area contributed by atoms with E-state index in [1.54, 1.807) is 0 Å². The van der Waals surface area contributed by atoms with E-state index in [4.69, 9.17) is 5.73 Å². The van der Waals surface area contributed by atoms with Crippen LogP contribution in [0, 0.1) is 13.8 Å². The molecule has 1 aromatic carbocycles. The summed E-state index contributed by atoms with van der Waals surface area (Å²) in [5.41, 5.74) is 9.24. The molecule has 1 aliphatic rings. The Morgan fingerprint density at radius 2 is 2.24 bits per heavy atom. The topological polar surface area (TPSA) is 58.4 Å². The molecule has 0 radical (unpaired) electrons. The van der Waals surface area contributed by atoms with E-state index in [0.717, 1.165) is 12.2 Å². The minimum atomic E-state index is -0.245. The van der Waals surface area contributed by atoms with Crippen LogP contribution in [0.1, 0.15) is 11.1 Å². The molecule has 3 N–H and O–H groups in total. The average Bonchev–Trinajstić information content (AvgIpc) is 2.29. The molecule has 4 nitrogen and oxygen atoms in total. The molecule has 1 heterocycles. The molecular formula is C13H19N3O. The second kappa shape index (κ2) is 4.75. The Kier molecular flexibility index (Phi) is 3.33. The lowest BCUT2D eigenvalue weighted by Crippen LogP contribution is -2.58. The van der Waals surface area contributed by atoms with E-state index < -0.39 is 0 Å². The number of piperazine rings is 1. The summed E-state index contributed by atoms with van der Waals surface area (Å²) >= 11 is 0. The van der Waals surface area contributed by atoms with Gasteiger partial charge in [0, 0.05) is 25.3 Å². The number of rotatable bonds is 2. The average molecular weight is 233 g/mol. The summed E-state index contributed by atoms with van der Waals surface area (Å²) in [5.74, 6) is 0.0266. The second-order valence-corrected chi connectivity index (χ2v) is 4.53. The van der Waals surface area contributed by atoms with Crippen LogP contribution in [0.15, 0.2) is 18.2 Å². The van der Waals surface area contributed by atoms with Crippen molar-refractivity contribution in [2.45, 2.75) is 19.9 Å². The third-order valence-electron chi connectivity index (χ3n) is 3.22. The van der Waals surface area contributed by atoms with Crippen molar-refractivity contribution < 1.29 is 4.79 Å². The van der Waals surface area contributed by atoms with Crippen LogP contribution in [-0.2, 0) is 4.79 Å². The summed E-state index contributed by atoms with van der Waals surface area (Å²) in [7, 11) is 0. The highest BCUT2D eigenvalue weighted by Gasteiger charge is 2.29. The van der Waals surface area contributed by atoms with Crippen molar-refractivity contribution in [3.05, 3.63) is 29.3 Å². The van der Waals surface area contributed by atoms with Gasteiger partial charge in [-0.1, -0.05) is 17.7 Å². The van der Waals surface area contributed by atoms with Gasteiger partial charge >= 0.3 is 0 Å². The summed E-state index contributed by atoms with van der Waals surface area (Å²) < 4.78 is 0.